The fourth-order valence-electron chi connectivity index (χ4n) is 5.54. The first-order valence-corrected chi connectivity index (χ1v) is 12.5. The molecule has 188 valence electrons. The van der Waals surface area contributed by atoms with E-state index in [0.717, 1.165) is 45.6 Å². The molecule has 6 nitrogen and oxygen atoms in total. The van der Waals surface area contributed by atoms with E-state index in [-0.39, 0.29) is 17.8 Å². The number of hydrogen-bond donors (Lipinski definition) is 2. The first-order valence-electron chi connectivity index (χ1n) is 12.5. The number of pyridine rings is 1. The van der Waals surface area contributed by atoms with Gasteiger partial charge in [-0.25, -0.2) is 4.98 Å². The summed E-state index contributed by atoms with van der Waals surface area (Å²) in [6, 6.07) is 14.4. The molecular weight excluding hydrogens is 454 g/mol. The summed E-state index contributed by atoms with van der Waals surface area (Å²) in [5.74, 6) is 0.791. The minimum atomic E-state index is -0.744. The lowest BCUT2D eigenvalue weighted by Gasteiger charge is -2.18. The number of hydrogen-bond acceptors (Lipinski definition) is 5. The molecule has 3 atom stereocenters. The first kappa shape index (κ1) is 24.3. The molecule has 2 aliphatic carbocycles. The smallest absolute Gasteiger partial charge is 0.307 e. The number of carboxylic acid groups (broad SMARTS) is 1. The Morgan fingerprint density at radius 2 is 1.86 bits per heavy atom. The number of fused-ring (bicyclic) bond motifs is 3. The number of aliphatic carboxylic acids is 1. The second kappa shape index (κ2) is 9.25. The van der Waals surface area contributed by atoms with Gasteiger partial charge >= 0.3 is 5.97 Å². The quantitative estimate of drug-likeness (QED) is 0.417. The summed E-state index contributed by atoms with van der Waals surface area (Å²) in [6.45, 7) is 8.61. The van der Waals surface area contributed by atoms with Crippen LogP contribution in [0.2, 0.25) is 0 Å². The Kier molecular flexibility index (Phi) is 6.25. The summed E-state index contributed by atoms with van der Waals surface area (Å²) in [5.41, 5.74) is 7.09. The molecule has 2 N–H and O–H groups in total. The highest BCUT2D eigenvalue weighted by atomic mass is 16.5. The van der Waals surface area contributed by atoms with E-state index in [1.807, 2.05) is 30.3 Å². The predicted molar refractivity (Wildman–Crippen MR) is 137 cm³/mol. The molecule has 36 heavy (non-hydrogen) atoms. The van der Waals surface area contributed by atoms with Crippen molar-refractivity contribution in [3.05, 3.63) is 76.5 Å². The molecule has 1 aromatic heterocycles. The Morgan fingerprint density at radius 1 is 1.11 bits per heavy atom. The van der Waals surface area contributed by atoms with Crippen molar-refractivity contribution in [2.45, 2.75) is 58.7 Å². The Hall–Kier alpha value is -3.38. The molecule has 1 saturated carbocycles. The van der Waals surface area contributed by atoms with E-state index >= 15 is 0 Å². The van der Waals surface area contributed by atoms with E-state index in [4.69, 9.17) is 9.47 Å². The van der Waals surface area contributed by atoms with Gasteiger partial charge in [-0.15, -0.1) is 0 Å². The number of carbonyl (C=O) groups is 1. The molecule has 3 aromatic rings. The third-order valence-corrected chi connectivity index (χ3v) is 7.36. The van der Waals surface area contributed by atoms with Gasteiger partial charge in [0.25, 0.3) is 0 Å². The van der Waals surface area contributed by atoms with Crippen molar-refractivity contribution in [2.75, 3.05) is 6.61 Å². The molecule has 0 spiro atoms. The van der Waals surface area contributed by atoms with Crippen molar-refractivity contribution in [2.24, 2.45) is 11.8 Å². The maximum Gasteiger partial charge on any atom is 0.307 e. The molecule has 6 heteroatoms. The summed E-state index contributed by atoms with van der Waals surface area (Å²) in [4.78, 5) is 15.8. The number of aromatic nitrogens is 1. The Labute approximate surface area is 211 Å². The van der Waals surface area contributed by atoms with Crippen LogP contribution < -0.4 is 9.47 Å². The number of aryl methyl sites for hydroxylation is 2. The van der Waals surface area contributed by atoms with Gasteiger partial charge in [0.1, 0.15) is 12.4 Å². The Balaban J connectivity index is 1.25. The molecular formula is C30H33NO5. The third kappa shape index (κ3) is 4.96. The lowest BCUT2D eigenvalue weighted by molar-refractivity contribution is -0.139. The van der Waals surface area contributed by atoms with Crippen LogP contribution in [0.25, 0.3) is 11.1 Å². The maximum atomic E-state index is 11.3. The number of carboxylic acids is 1. The second-order valence-electron chi connectivity index (χ2n) is 10.8. The topological polar surface area (TPSA) is 88.9 Å². The summed E-state index contributed by atoms with van der Waals surface area (Å²) in [6.07, 6.45) is 3.16. The van der Waals surface area contributed by atoms with Crippen LogP contribution in [0.15, 0.2) is 48.7 Å². The van der Waals surface area contributed by atoms with E-state index in [2.05, 4.69) is 31.0 Å². The molecule has 2 aromatic carbocycles. The number of nitrogens with zero attached hydrogens (tertiary/aromatic N) is 1. The minimum Gasteiger partial charge on any atom is -0.493 e. The second-order valence-corrected chi connectivity index (χ2v) is 10.8. The SMILES string of the molecule is Cc1cc(OCCC(C)(C)O)cc(C)c1-c1cccc(COc2cc3c(cn2)C2C(C3)C2C(=O)O)c1. The largest absolute Gasteiger partial charge is 0.493 e. The van der Waals surface area contributed by atoms with Gasteiger partial charge in [0.15, 0.2) is 0 Å². The van der Waals surface area contributed by atoms with Crippen molar-refractivity contribution in [1.29, 1.82) is 0 Å². The fourth-order valence-corrected chi connectivity index (χ4v) is 5.54. The number of benzene rings is 2. The van der Waals surface area contributed by atoms with Crippen LogP contribution in [0.3, 0.4) is 0 Å². The average Bonchev–Trinajstić information content (AvgIpc) is 3.39. The minimum absolute atomic E-state index is 0.125. The molecule has 3 unspecified atom stereocenters. The highest BCUT2D eigenvalue weighted by Gasteiger charge is 2.59. The van der Waals surface area contributed by atoms with Crippen molar-refractivity contribution in [3.63, 3.8) is 0 Å². The van der Waals surface area contributed by atoms with E-state index in [9.17, 15) is 15.0 Å². The highest BCUT2D eigenvalue weighted by Crippen LogP contribution is 2.61. The van der Waals surface area contributed by atoms with Crippen LogP contribution in [-0.2, 0) is 17.8 Å². The van der Waals surface area contributed by atoms with Crippen LogP contribution >= 0.6 is 0 Å². The number of rotatable bonds is 9. The van der Waals surface area contributed by atoms with Crippen LogP contribution in [0.5, 0.6) is 11.6 Å². The van der Waals surface area contributed by atoms with Gasteiger partial charge in [-0.3, -0.25) is 4.79 Å². The Bertz CT molecular complexity index is 1290. The van der Waals surface area contributed by atoms with E-state index < -0.39 is 11.6 Å². The Morgan fingerprint density at radius 3 is 2.56 bits per heavy atom. The van der Waals surface area contributed by atoms with E-state index in [1.165, 1.54) is 5.56 Å². The van der Waals surface area contributed by atoms with Crippen LogP contribution in [0, 0.1) is 25.7 Å². The third-order valence-electron chi connectivity index (χ3n) is 7.36. The molecule has 0 bridgehead atoms. The van der Waals surface area contributed by atoms with Crippen LogP contribution in [0.4, 0.5) is 0 Å². The summed E-state index contributed by atoms with van der Waals surface area (Å²) >= 11 is 0. The summed E-state index contributed by atoms with van der Waals surface area (Å²) in [7, 11) is 0. The van der Waals surface area contributed by atoms with Gasteiger partial charge in [-0.1, -0.05) is 18.2 Å². The van der Waals surface area contributed by atoms with E-state index in [0.29, 0.717) is 25.5 Å². The average molecular weight is 488 g/mol. The van der Waals surface area contributed by atoms with Crippen LogP contribution in [-0.4, -0.2) is 33.4 Å². The zero-order chi connectivity index (χ0) is 25.6. The molecule has 0 radical (unpaired) electrons. The van der Waals surface area contributed by atoms with Crippen molar-refractivity contribution in [3.8, 4) is 22.8 Å². The number of aliphatic hydroxyl groups is 1. The van der Waals surface area contributed by atoms with E-state index in [1.54, 1.807) is 20.0 Å². The zero-order valence-corrected chi connectivity index (χ0v) is 21.2. The maximum absolute atomic E-state index is 11.3. The van der Waals surface area contributed by atoms with Crippen LogP contribution in [0.1, 0.15) is 54.0 Å². The monoisotopic (exact) mass is 487 g/mol. The summed E-state index contributed by atoms with van der Waals surface area (Å²) in [5, 5.41) is 19.2. The predicted octanol–water partition coefficient (Wildman–Crippen LogP) is 5.45. The molecule has 5 rings (SSSR count). The van der Waals surface area contributed by atoms with Gasteiger partial charge < -0.3 is 19.7 Å². The molecule has 2 aliphatic rings. The number of ether oxygens (including phenoxy) is 2. The summed E-state index contributed by atoms with van der Waals surface area (Å²) < 4.78 is 11.9. The van der Waals surface area contributed by atoms with Gasteiger partial charge in [-0.2, -0.15) is 0 Å². The molecule has 1 fully saturated rings. The lowest BCUT2D eigenvalue weighted by atomic mass is 9.94. The first-order chi connectivity index (χ1) is 17.1. The molecule has 0 aliphatic heterocycles. The molecule has 1 heterocycles. The highest BCUT2D eigenvalue weighted by molar-refractivity contribution is 5.77. The normalized spacial score (nSPS) is 20.0. The van der Waals surface area contributed by atoms with Gasteiger partial charge in [0.2, 0.25) is 5.88 Å². The zero-order valence-electron chi connectivity index (χ0n) is 21.2. The van der Waals surface area contributed by atoms with Crippen molar-refractivity contribution >= 4 is 5.97 Å². The van der Waals surface area contributed by atoms with Crippen molar-refractivity contribution in [1.82, 2.24) is 4.98 Å². The van der Waals surface area contributed by atoms with Crippen molar-refractivity contribution < 1.29 is 24.5 Å². The molecule has 0 saturated heterocycles. The fraction of sp³-hybridized carbons (Fsp3) is 0.400. The lowest BCUT2D eigenvalue weighted by Crippen LogP contribution is -2.21. The standard InChI is InChI=1S/C30H33NO5/c1-17-10-22(35-9-8-30(3,4)34)11-18(2)26(17)20-7-5-6-19(12-20)16-36-25-14-21-13-23-27(24(21)15-31-25)28(23)29(32)33/h5-7,10-12,14-15,23,27-28,34H,8-9,13,16H2,1-4H3,(H,32,33). The molecule has 0 amide bonds. The van der Waals surface area contributed by atoms with Gasteiger partial charge in [0.05, 0.1) is 18.1 Å². The van der Waals surface area contributed by atoms with Gasteiger partial charge in [0, 0.05) is 24.6 Å². The van der Waals surface area contributed by atoms with Gasteiger partial charge in [-0.05, 0) is 97.2 Å².